The first-order valence-corrected chi connectivity index (χ1v) is 9.47. The molecule has 6 heteroatoms. The van der Waals surface area contributed by atoms with Crippen molar-refractivity contribution in [3.63, 3.8) is 0 Å². The van der Waals surface area contributed by atoms with Gasteiger partial charge in [0.25, 0.3) is 0 Å². The maximum absolute atomic E-state index is 9.57. The van der Waals surface area contributed by atoms with Crippen LogP contribution < -0.4 is 5.32 Å². The zero-order chi connectivity index (χ0) is 19.5. The molecule has 5 nitrogen and oxygen atoms in total. The summed E-state index contributed by atoms with van der Waals surface area (Å²) in [6, 6.07) is 14.0. The van der Waals surface area contributed by atoms with E-state index in [0.717, 1.165) is 43.7 Å². The molecule has 0 bridgehead atoms. The molecular formula is C22H16BrN5. The van der Waals surface area contributed by atoms with E-state index in [-0.39, 0.29) is 0 Å². The van der Waals surface area contributed by atoms with E-state index in [4.69, 9.17) is 0 Å². The number of H-pyrrole nitrogens is 1. The Hall–Kier alpha value is -3.43. The fourth-order valence-electron chi connectivity index (χ4n) is 3.07. The number of nitrogens with one attached hydrogen (secondary N) is 2. The third-order valence-corrected chi connectivity index (χ3v) is 4.97. The van der Waals surface area contributed by atoms with Crippen LogP contribution in [0.25, 0.3) is 23.1 Å². The van der Waals surface area contributed by atoms with Crippen LogP contribution in [0.4, 0.5) is 11.4 Å². The second-order valence-electron chi connectivity index (χ2n) is 6.28. The van der Waals surface area contributed by atoms with E-state index in [2.05, 4.69) is 49.2 Å². The number of anilines is 2. The molecule has 0 saturated carbocycles. The Morgan fingerprint density at radius 2 is 2.04 bits per heavy atom. The predicted molar refractivity (Wildman–Crippen MR) is 116 cm³/mol. The van der Waals surface area contributed by atoms with Gasteiger partial charge in [-0.3, -0.25) is 4.98 Å². The Bertz CT molecular complexity index is 1230. The summed E-state index contributed by atoms with van der Waals surface area (Å²) in [5, 5.41) is 14.2. The van der Waals surface area contributed by atoms with E-state index < -0.39 is 0 Å². The van der Waals surface area contributed by atoms with Gasteiger partial charge in [-0.25, -0.2) is 4.98 Å². The van der Waals surface area contributed by atoms with Gasteiger partial charge in [-0.05, 0) is 70.9 Å². The smallest absolute Gasteiger partial charge is 0.106 e. The predicted octanol–water partition coefficient (Wildman–Crippen LogP) is 5.81. The van der Waals surface area contributed by atoms with Gasteiger partial charge in [0.15, 0.2) is 0 Å². The van der Waals surface area contributed by atoms with Crippen LogP contribution in [0.1, 0.15) is 22.4 Å². The fourth-order valence-corrected chi connectivity index (χ4v) is 3.43. The highest BCUT2D eigenvalue weighted by Gasteiger charge is 2.11. The first-order chi connectivity index (χ1) is 13.7. The summed E-state index contributed by atoms with van der Waals surface area (Å²) < 4.78 is 0.771. The molecule has 0 unspecified atom stereocenters. The van der Waals surface area contributed by atoms with E-state index in [1.165, 1.54) is 0 Å². The summed E-state index contributed by atoms with van der Waals surface area (Å²) >= 11 is 3.38. The van der Waals surface area contributed by atoms with Gasteiger partial charge in [0.2, 0.25) is 0 Å². The summed E-state index contributed by atoms with van der Waals surface area (Å²) in [6.45, 7) is 2.06. The van der Waals surface area contributed by atoms with E-state index in [1.807, 2.05) is 54.7 Å². The van der Waals surface area contributed by atoms with Crippen molar-refractivity contribution >= 4 is 50.4 Å². The number of rotatable bonds is 4. The monoisotopic (exact) mass is 429 g/mol. The summed E-state index contributed by atoms with van der Waals surface area (Å²) in [6.07, 6.45) is 9.04. The van der Waals surface area contributed by atoms with Crippen molar-refractivity contribution in [3.05, 3.63) is 82.0 Å². The van der Waals surface area contributed by atoms with Gasteiger partial charge >= 0.3 is 0 Å². The lowest BCUT2D eigenvalue weighted by atomic mass is 10.1. The zero-order valence-corrected chi connectivity index (χ0v) is 16.7. The maximum atomic E-state index is 9.57. The van der Waals surface area contributed by atoms with Crippen molar-refractivity contribution in [3.8, 4) is 6.07 Å². The number of pyridine rings is 2. The lowest BCUT2D eigenvalue weighted by Crippen LogP contribution is -1.99. The molecule has 3 aromatic heterocycles. The van der Waals surface area contributed by atoms with Gasteiger partial charge < -0.3 is 10.3 Å². The second-order valence-corrected chi connectivity index (χ2v) is 7.10. The molecule has 2 N–H and O–H groups in total. The van der Waals surface area contributed by atoms with Crippen molar-refractivity contribution in [2.75, 3.05) is 5.32 Å². The third-order valence-electron chi connectivity index (χ3n) is 4.53. The first kappa shape index (κ1) is 18.0. The highest BCUT2D eigenvalue weighted by Crippen LogP contribution is 2.31. The Labute approximate surface area is 170 Å². The Morgan fingerprint density at radius 3 is 2.86 bits per heavy atom. The normalized spacial score (nSPS) is 11.0. The van der Waals surface area contributed by atoms with Gasteiger partial charge in [-0.15, -0.1) is 0 Å². The minimum atomic E-state index is 0.484. The largest absolute Gasteiger partial charge is 0.361 e. The van der Waals surface area contributed by atoms with E-state index in [1.54, 1.807) is 12.4 Å². The Kier molecular flexibility index (Phi) is 4.92. The number of halogens is 1. The number of fused-ring (bicyclic) bond motifs is 1. The third kappa shape index (κ3) is 3.53. The molecule has 4 aromatic rings. The molecule has 0 aliphatic carbocycles. The number of hydrogen-bond acceptors (Lipinski definition) is 4. The van der Waals surface area contributed by atoms with E-state index >= 15 is 0 Å². The molecule has 0 radical (unpaired) electrons. The van der Waals surface area contributed by atoms with Gasteiger partial charge in [0, 0.05) is 40.7 Å². The highest BCUT2D eigenvalue weighted by atomic mass is 79.9. The molecule has 4 rings (SSSR count). The fraction of sp³-hybridized carbons (Fsp3) is 0.0455. The van der Waals surface area contributed by atoms with Crippen LogP contribution in [0, 0.1) is 18.3 Å². The van der Waals surface area contributed by atoms with Crippen molar-refractivity contribution in [2.45, 2.75) is 6.92 Å². The first-order valence-electron chi connectivity index (χ1n) is 8.68. The van der Waals surface area contributed by atoms with Gasteiger partial charge in [0.05, 0.1) is 16.9 Å². The van der Waals surface area contributed by atoms with Crippen molar-refractivity contribution in [1.82, 2.24) is 15.0 Å². The molecule has 0 aliphatic heterocycles. The van der Waals surface area contributed by atoms with E-state index in [9.17, 15) is 5.26 Å². The topological polar surface area (TPSA) is 77.4 Å². The Morgan fingerprint density at radius 1 is 1.14 bits per heavy atom. The lowest BCUT2D eigenvalue weighted by molar-refractivity contribution is 1.25. The van der Waals surface area contributed by atoms with Gasteiger partial charge in [-0.2, -0.15) is 5.26 Å². The molecule has 0 amide bonds. The van der Waals surface area contributed by atoms with Gasteiger partial charge in [-0.1, -0.05) is 6.07 Å². The van der Waals surface area contributed by atoms with Crippen LogP contribution in [0.2, 0.25) is 0 Å². The number of nitriles is 1. The molecule has 0 aliphatic rings. The lowest BCUT2D eigenvalue weighted by Gasteiger charge is -2.14. The average Bonchev–Trinajstić information content (AvgIpc) is 3.19. The van der Waals surface area contributed by atoms with Gasteiger partial charge in [0.1, 0.15) is 10.7 Å². The SMILES string of the molecule is Cc1c(Nc2c(C#N)cncc2C=Cc2cccc(Br)n2)ccc2[nH]ccc12. The minimum absolute atomic E-state index is 0.484. The quantitative estimate of drug-likeness (QED) is 0.401. The molecule has 28 heavy (non-hydrogen) atoms. The summed E-state index contributed by atoms with van der Waals surface area (Å²) in [4.78, 5) is 11.8. The molecule has 0 atom stereocenters. The zero-order valence-electron chi connectivity index (χ0n) is 15.1. The standard InChI is InChI=1S/C22H16BrN5/c1-14-18-9-10-26-20(18)8-7-19(14)28-22-15(12-25-13-16(22)11-24)5-6-17-3-2-4-21(23)27-17/h2-10,12-13,26H,1H3,(H,25,28). The molecule has 136 valence electrons. The summed E-state index contributed by atoms with van der Waals surface area (Å²) in [5.74, 6) is 0. The molecular weight excluding hydrogens is 414 g/mol. The number of nitrogens with zero attached hydrogens (tertiary/aromatic N) is 3. The average molecular weight is 430 g/mol. The van der Waals surface area contributed by atoms with Crippen molar-refractivity contribution in [1.29, 1.82) is 5.26 Å². The number of aromatic amines is 1. The molecule has 0 saturated heterocycles. The molecule has 0 spiro atoms. The summed E-state index contributed by atoms with van der Waals surface area (Å²) in [7, 11) is 0. The number of hydrogen-bond donors (Lipinski definition) is 2. The van der Waals surface area contributed by atoms with Crippen molar-refractivity contribution in [2.24, 2.45) is 0 Å². The number of aryl methyl sites for hydroxylation is 1. The molecule has 1 aromatic carbocycles. The van der Waals surface area contributed by atoms with Crippen LogP contribution in [0.15, 0.2) is 59.6 Å². The van der Waals surface area contributed by atoms with Crippen LogP contribution in [-0.2, 0) is 0 Å². The molecule has 0 fully saturated rings. The van der Waals surface area contributed by atoms with Crippen molar-refractivity contribution < 1.29 is 0 Å². The van der Waals surface area contributed by atoms with Crippen LogP contribution in [-0.4, -0.2) is 15.0 Å². The number of benzene rings is 1. The number of aromatic nitrogens is 3. The van der Waals surface area contributed by atoms with E-state index in [0.29, 0.717) is 5.56 Å². The maximum Gasteiger partial charge on any atom is 0.106 e. The highest BCUT2D eigenvalue weighted by molar-refractivity contribution is 9.10. The minimum Gasteiger partial charge on any atom is -0.361 e. The second kappa shape index (κ2) is 7.67. The van der Waals surface area contributed by atoms with Crippen LogP contribution in [0.5, 0.6) is 0 Å². The van der Waals surface area contributed by atoms with Crippen LogP contribution >= 0.6 is 15.9 Å². The Balaban J connectivity index is 1.75. The molecule has 3 heterocycles. The summed E-state index contributed by atoms with van der Waals surface area (Å²) in [5.41, 5.74) is 5.98. The van der Waals surface area contributed by atoms with Crippen LogP contribution in [0.3, 0.4) is 0 Å².